The molecule has 1 aromatic carbocycles. The Morgan fingerprint density at radius 3 is 2.85 bits per heavy atom. The Bertz CT molecular complexity index is 1550. The van der Waals surface area contributed by atoms with E-state index in [2.05, 4.69) is 21.4 Å². The van der Waals surface area contributed by atoms with Gasteiger partial charge in [-0.1, -0.05) is 24.3 Å². The molecule has 3 unspecified atom stereocenters. The first kappa shape index (κ1) is 27.0. The summed E-state index contributed by atoms with van der Waals surface area (Å²) in [4.78, 5) is 35.5. The Morgan fingerprint density at radius 2 is 2.10 bits per heavy atom. The molecule has 0 amide bonds. The maximum Gasteiger partial charge on any atom is 0.312 e. The molecule has 0 fully saturated rings. The zero-order valence-electron chi connectivity index (χ0n) is 22.1. The monoisotopic (exact) mass is 555 g/mol. The van der Waals surface area contributed by atoms with E-state index < -0.39 is 28.3 Å². The van der Waals surface area contributed by atoms with E-state index in [1.807, 2.05) is 67.1 Å². The van der Waals surface area contributed by atoms with Gasteiger partial charge in [0.25, 0.3) is 5.69 Å². The predicted molar refractivity (Wildman–Crippen MR) is 153 cm³/mol. The van der Waals surface area contributed by atoms with Crippen molar-refractivity contribution in [3.63, 3.8) is 0 Å². The number of nitrogens with zero attached hydrogens (tertiary/aromatic N) is 4. The highest BCUT2D eigenvalue weighted by Crippen LogP contribution is 2.45. The molecular weight excluding hydrogens is 526 g/mol. The first-order valence-corrected chi connectivity index (χ1v) is 13.6. The second-order valence-electron chi connectivity index (χ2n) is 9.85. The number of allylic oxidation sites excluding steroid dienone is 2. The van der Waals surface area contributed by atoms with Crippen LogP contribution in [0, 0.1) is 16.0 Å². The summed E-state index contributed by atoms with van der Waals surface area (Å²) >= 11 is 1.66. The van der Waals surface area contributed by atoms with Crippen LogP contribution in [0.15, 0.2) is 97.5 Å². The minimum atomic E-state index is -0.862. The van der Waals surface area contributed by atoms with Gasteiger partial charge in [-0.05, 0) is 55.3 Å². The number of thiophene rings is 1. The molecule has 5 rings (SSSR count). The van der Waals surface area contributed by atoms with E-state index in [9.17, 15) is 14.9 Å². The summed E-state index contributed by atoms with van der Waals surface area (Å²) in [6.07, 6.45) is 14.6. The molecule has 1 aliphatic heterocycles. The van der Waals surface area contributed by atoms with E-state index in [-0.39, 0.29) is 12.3 Å². The molecule has 204 valence electrons. The summed E-state index contributed by atoms with van der Waals surface area (Å²) in [7, 11) is 0. The molecule has 0 spiro atoms. The molecule has 0 bridgehead atoms. The average molecular weight is 556 g/mol. The number of nitro groups is 1. The molecule has 0 saturated carbocycles. The first-order chi connectivity index (χ1) is 19.3. The molecule has 3 aromatic heterocycles. The summed E-state index contributed by atoms with van der Waals surface area (Å²) < 4.78 is 7.83. The van der Waals surface area contributed by atoms with Crippen molar-refractivity contribution in [2.45, 2.75) is 31.8 Å². The number of benzene rings is 1. The number of ether oxygens (including phenoxy) is 1. The Kier molecular flexibility index (Phi) is 7.88. The lowest BCUT2D eigenvalue weighted by Gasteiger charge is -2.45. The number of carbonyl (C=O) groups excluding carboxylic acids is 1. The van der Waals surface area contributed by atoms with Crippen LogP contribution in [-0.4, -0.2) is 32.0 Å². The zero-order chi connectivity index (χ0) is 28.1. The molecule has 0 saturated heterocycles. The number of esters is 1. The van der Waals surface area contributed by atoms with Gasteiger partial charge in [0, 0.05) is 58.3 Å². The van der Waals surface area contributed by atoms with Gasteiger partial charge in [0.15, 0.2) is 0 Å². The van der Waals surface area contributed by atoms with Crippen molar-refractivity contribution in [3.8, 4) is 0 Å². The Balaban J connectivity index is 1.38. The van der Waals surface area contributed by atoms with Crippen LogP contribution in [0.2, 0.25) is 0 Å². The van der Waals surface area contributed by atoms with Gasteiger partial charge in [0.2, 0.25) is 0 Å². The van der Waals surface area contributed by atoms with Crippen molar-refractivity contribution in [2.24, 2.45) is 5.92 Å². The average Bonchev–Trinajstić information content (AvgIpc) is 3.63. The second kappa shape index (κ2) is 11.7. The number of hydrogen-bond acceptors (Lipinski definition) is 8. The third-order valence-electron chi connectivity index (χ3n) is 7.03. The maximum atomic E-state index is 13.8. The number of aromatic nitrogens is 3. The van der Waals surface area contributed by atoms with Gasteiger partial charge in [-0.3, -0.25) is 19.9 Å². The Morgan fingerprint density at radius 1 is 1.23 bits per heavy atom. The number of nitro benzene ring substituents is 1. The number of rotatable bonds is 9. The number of hydrogen-bond donors (Lipinski definition) is 1. The van der Waals surface area contributed by atoms with E-state index in [0.29, 0.717) is 5.56 Å². The quantitative estimate of drug-likeness (QED) is 0.161. The molecule has 3 atom stereocenters. The number of nitrogens with one attached hydrogen (secondary N) is 1. The number of pyridine rings is 1. The molecule has 0 aliphatic carbocycles. The molecule has 9 nitrogen and oxygen atoms in total. The van der Waals surface area contributed by atoms with Gasteiger partial charge >= 0.3 is 5.97 Å². The predicted octanol–water partition coefficient (Wildman–Crippen LogP) is 5.67. The first-order valence-electron chi connectivity index (χ1n) is 12.8. The summed E-state index contributed by atoms with van der Waals surface area (Å²) in [5.41, 5.74) is 1.46. The number of imidazole rings is 1. The van der Waals surface area contributed by atoms with Crippen molar-refractivity contribution >= 4 is 29.1 Å². The van der Waals surface area contributed by atoms with Crippen molar-refractivity contribution in [1.82, 2.24) is 19.9 Å². The minimum Gasteiger partial charge on any atom is -0.461 e. The third-order valence-corrected chi connectivity index (χ3v) is 8.07. The largest absolute Gasteiger partial charge is 0.461 e. The lowest BCUT2D eigenvalue weighted by atomic mass is 9.68. The van der Waals surface area contributed by atoms with Crippen molar-refractivity contribution in [1.29, 1.82) is 0 Å². The molecule has 4 aromatic rings. The van der Waals surface area contributed by atoms with Crippen LogP contribution in [0.4, 0.5) is 5.69 Å². The van der Waals surface area contributed by atoms with Crippen molar-refractivity contribution in [3.05, 3.63) is 128 Å². The lowest BCUT2D eigenvalue weighted by Crippen LogP contribution is -2.53. The topological polar surface area (TPSA) is 112 Å². The van der Waals surface area contributed by atoms with Gasteiger partial charge < -0.3 is 14.6 Å². The fourth-order valence-corrected chi connectivity index (χ4v) is 6.16. The highest BCUT2D eigenvalue weighted by atomic mass is 32.1. The summed E-state index contributed by atoms with van der Waals surface area (Å²) in [6, 6.07) is 14.3. The second-order valence-corrected chi connectivity index (χ2v) is 11.0. The standard InChI is InChI=1S/C30H29N5O4S/c1-21-16-27(22-6-3-8-24(17-22)35(37)38)28(30(2,33-21)23-7-4-12-31-18-23)29(36)39-15-5-9-25-10-11-26(40-25)19-34-14-13-32-20-34/h3-14,16-18,20,27-28,33H,15,19H2,1-2H3. The van der Waals surface area contributed by atoms with E-state index in [1.54, 1.807) is 42.3 Å². The fourth-order valence-electron chi connectivity index (χ4n) is 5.21. The highest BCUT2D eigenvalue weighted by molar-refractivity contribution is 7.12. The van der Waals surface area contributed by atoms with E-state index in [0.717, 1.165) is 22.7 Å². The van der Waals surface area contributed by atoms with Gasteiger partial charge in [0.1, 0.15) is 6.61 Å². The smallest absolute Gasteiger partial charge is 0.312 e. The third kappa shape index (κ3) is 5.86. The molecule has 0 radical (unpaired) electrons. The van der Waals surface area contributed by atoms with Crippen LogP contribution < -0.4 is 5.32 Å². The van der Waals surface area contributed by atoms with Crippen LogP contribution in [-0.2, 0) is 21.6 Å². The molecule has 10 heteroatoms. The summed E-state index contributed by atoms with van der Waals surface area (Å²) in [5.74, 6) is -1.57. The number of carbonyl (C=O) groups is 1. The van der Waals surface area contributed by atoms with Crippen LogP contribution in [0.1, 0.15) is 40.6 Å². The van der Waals surface area contributed by atoms with Crippen molar-refractivity contribution < 1.29 is 14.5 Å². The van der Waals surface area contributed by atoms with Crippen LogP contribution in [0.3, 0.4) is 0 Å². The molecule has 1 aliphatic rings. The van der Waals surface area contributed by atoms with Gasteiger partial charge in [-0.25, -0.2) is 4.98 Å². The van der Waals surface area contributed by atoms with Crippen molar-refractivity contribution in [2.75, 3.05) is 6.61 Å². The lowest BCUT2D eigenvalue weighted by molar-refractivity contribution is -0.384. The SMILES string of the molecule is CC1=CC(c2cccc([N+](=O)[O-])c2)C(C(=O)OCC=Cc2ccc(Cn3ccnc3)s2)C(C)(c2cccnc2)N1. The maximum absolute atomic E-state index is 13.8. The minimum absolute atomic E-state index is 0.0245. The fraction of sp³-hybridized carbons (Fsp3) is 0.233. The van der Waals surface area contributed by atoms with E-state index in [4.69, 9.17) is 4.74 Å². The summed E-state index contributed by atoms with van der Waals surface area (Å²) in [5, 5.41) is 15.0. The van der Waals surface area contributed by atoms with Crippen LogP contribution in [0.5, 0.6) is 0 Å². The Hall–Kier alpha value is -4.57. The normalized spacial score (nSPS) is 20.6. The van der Waals surface area contributed by atoms with Gasteiger partial charge in [-0.15, -0.1) is 11.3 Å². The van der Waals surface area contributed by atoms with Crippen LogP contribution in [0.25, 0.3) is 6.08 Å². The van der Waals surface area contributed by atoms with E-state index >= 15 is 0 Å². The highest BCUT2D eigenvalue weighted by Gasteiger charge is 2.49. The molecular formula is C30H29N5O4S. The zero-order valence-corrected chi connectivity index (χ0v) is 23.0. The Labute approximate surface area is 236 Å². The van der Waals surface area contributed by atoms with Gasteiger partial charge in [0.05, 0.1) is 29.3 Å². The molecule has 4 heterocycles. The number of non-ortho nitro benzene ring substituents is 1. The molecule has 40 heavy (non-hydrogen) atoms. The van der Waals surface area contributed by atoms with Gasteiger partial charge in [-0.2, -0.15) is 0 Å². The van der Waals surface area contributed by atoms with E-state index in [1.165, 1.54) is 17.0 Å². The van der Waals surface area contributed by atoms with Crippen LogP contribution >= 0.6 is 11.3 Å². The summed E-state index contributed by atoms with van der Waals surface area (Å²) in [6.45, 7) is 4.71. The molecule has 1 N–H and O–H groups in total.